The normalized spacial score (nSPS) is 10.9. The van der Waals surface area contributed by atoms with Crippen LogP contribution in [0.15, 0.2) is 24.4 Å². The first-order valence-electron chi connectivity index (χ1n) is 6.14. The Kier molecular flexibility index (Phi) is 4.04. The van der Waals surface area contributed by atoms with Gasteiger partial charge in [0.2, 0.25) is 0 Å². The van der Waals surface area contributed by atoms with E-state index in [-0.39, 0.29) is 0 Å². The molecular weight excluding hydrogens is 246 g/mol. The molecule has 0 atom stereocenters. The van der Waals surface area contributed by atoms with Crippen LogP contribution < -0.4 is 5.32 Å². The van der Waals surface area contributed by atoms with Crippen LogP contribution in [0.5, 0.6) is 0 Å². The van der Waals surface area contributed by atoms with Gasteiger partial charge in [0, 0.05) is 23.3 Å². The molecule has 2 rings (SSSR count). The van der Waals surface area contributed by atoms with E-state index in [4.69, 9.17) is 11.6 Å². The van der Waals surface area contributed by atoms with Gasteiger partial charge in [-0.2, -0.15) is 5.10 Å². The molecule has 0 radical (unpaired) electrons. The molecule has 3 nitrogen and oxygen atoms in total. The molecule has 0 unspecified atom stereocenters. The van der Waals surface area contributed by atoms with Crippen LogP contribution in [0.25, 0.3) is 5.69 Å². The van der Waals surface area contributed by atoms with Crippen molar-refractivity contribution in [1.82, 2.24) is 15.1 Å². The Bertz CT molecular complexity index is 546. The molecule has 2 aromatic rings. The van der Waals surface area contributed by atoms with Crippen molar-refractivity contribution in [2.45, 2.75) is 27.3 Å². The highest BCUT2D eigenvalue weighted by molar-refractivity contribution is 6.30. The summed E-state index contributed by atoms with van der Waals surface area (Å²) in [5.74, 6) is 0. The van der Waals surface area contributed by atoms with Gasteiger partial charge in [-0.1, -0.05) is 24.6 Å². The van der Waals surface area contributed by atoms with Crippen LogP contribution in [0.2, 0.25) is 5.02 Å². The molecule has 0 fully saturated rings. The van der Waals surface area contributed by atoms with E-state index in [0.717, 1.165) is 35.1 Å². The van der Waals surface area contributed by atoms with Crippen LogP contribution in [0.1, 0.15) is 23.7 Å². The van der Waals surface area contributed by atoms with Crippen LogP contribution in [-0.2, 0) is 6.54 Å². The molecule has 0 saturated carbocycles. The third-order valence-electron chi connectivity index (χ3n) is 2.98. The van der Waals surface area contributed by atoms with Crippen LogP contribution in [-0.4, -0.2) is 16.3 Å². The van der Waals surface area contributed by atoms with Gasteiger partial charge in [0.05, 0.1) is 11.4 Å². The molecule has 0 bridgehead atoms. The Morgan fingerprint density at radius 1 is 1.33 bits per heavy atom. The average Bonchev–Trinajstić information content (AvgIpc) is 2.71. The quantitative estimate of drug-likeness (QED) is 0.918. The molecular formula is C14H18ClN3. The van der Waals surface area contributed by atoms with Crippen LogP contribution in [0, 0.1) is 13.8 Å². The monoisotopic (exact) mass is 263 g/mol. The standard InChI is InChI=1S/C14H18ClN3/c1-4-16-8-12-9-18(17-11(12)3)14-7-13(15)6-5-10(14)2/h5-7,9,16H,4,8H2,1-3H3. The van der Waals surface area contributed by atoms with Gasteiger partial charge in [-0.3, -0.25) is 0 Å². The zero-order chi connectivity index (χ0) is 13.1. The van der Waals surface area contributed by atoms with Gasteiger partial charge in [0.25, 0.3) is 0 Å². The third-order valence-corrected chi connectivity index (χ3v) is 3.22. The Labute approximate surface area is 113 Å². The lowest BCUT2D eigenvalue weighted by Gasteiger charge is -2.05. The van der Waals surface area contributed by atoms with Gasteiger partial charge in [0.1, 0.15) is 0 Å². The number of halogens is 1. The summed E-state index contributed by atoms with van der Waals surface area (Å²) in [6.45, 7) is 8.00. The van der Waals surface area contributed by atoms with Crippen molar-refractivity contribution in [1.29, 1.82) is 0 Å². The molecule has 0 aliphatic heterocycles. The minimum Gasteiger partial charge on any atom is -0.313 e. The topological polar surface area (TPSA) is 29.9 Å². The molecule has 0 amide bonds. The maximum atomic E-state index is 6.04. The predicted octanol–water partition coefficient (Wildman–Crippen LogP) is 3.25. The highest BCUT2D eigenvalue weighted by atomic mass is 35.5. The number of nitrogens with zero attached hydrogens (tertiary/aromatic N) is 2. The summed E-state index contributed by atoms with van der Waals surface area (Å²) in [7, 11) is 0. The number of hydrogen-bond acceptors (Lipinski definition) is 2. The minimum atomic E-state index is 0.733. The summed E-state index contributed by atoms with van der Waals surface area (Å²) in [6.07, 6.45) is 2.07. The fraction of sp³-hybridized carbons (Fsp3) is 0.357. The molecule has 1 N–H and O–H groups in total. The summed E-state index contributed by atoms with van der Waals surface area (Å²) in [6, 6.07) is 5.86. The molecule has 0 aliphatic rings. The largest absolute Gasteiger partial charge is 0.313 e. The number of rotatable bonds is 4. The average molecular weight is 264 g/mol. The molecule has 1 aromatic carbocycles. The molecule has 1 heterocycles. The first kappa shape index (κ1) is 13.1. The fourth-order valence-electron chi connectivity index (χ4n) is 1.88. The van der Waals surface area contributed by atoms with Gasteiger partial charge in [0.15, 0.2) is 0 Å². The van der Waals surface area contributed by atoms with E-state index in [0.29, 0.717) is 0 Å². The number of nitrogens with one attached hydrogen (secondary N) is 1. The van der Waals surface area contributed by atoms with E-state index < -0.39 is 0 Å². The SMILES string of the molecule is CCNCc1cn(-c2cc(Cl)ccc2C)nc1C. The van der Waals surface area contributed by atoms with Gasteiger partial charge >= 0.3 is 0 Å². The van der Waals surface area contributed by atoms with Crippen molar-refractivity contribution < 1.29 is 0 Å². The summed E-state index contributed by atoms with van der Waals surface area (Å²) in [5.41, 5.74) is 4.47. The van der Waals surface area contributed by atoms with Crippen molar-refractivity contribution in [2.24, 2.45) is 0 Å². The van der Waals surface area contributed by atoms with Gasteiger partial charge < -0.3 is 5.32 Å². The maximum absolute atomic E-state index is 6.04. The van der Waals surface area contributed by atoms with Crippen molar-refractivity contribution in [3.63, 3.8) is 0 Å². The molecule has 4 heteroatoms. The van der Waals surface area contributed by atoms with E-state index in [1.54, 1.807) is 0 Å². The predicted molar refractivity (Wildman–Crippen MR) is 75.4 cm³/mol. The molecule has 0 saturated heterocycles. The molecule has 1 aromatic heterocycles. The number of benzene rings is 1. The highest BCUT2D eigenvalue weighted by Crippen LogP contribution is 2.20. The van der Waals surface area contributed by atoms with Crippen molar-refractivity contribution >= 4 is 11.6 Å². The lowest BCUT2D eigenvalue weighted by Crippen LogP contribution is -2.11. The Balaban J connectivity index is 2.36. The van der Waals surface area contributed by atoms with Crippen LogP contribution >= 0.6 is 11.6 Å². The van der Waals surface area contributed by atoms with E-state index >= 15 is 0 Å². The number of hydrogen-bond donors (Lipinski definition) is 1. The zero-order valence-electron chi connectivity index (χ0n) is 11.0. The van der Waals surface area contributed by atoms with Gasteiger partial charge in [-0.25, -0.2) is 4.68 Å². The third kappa shape index (κ3) is 2.74. The van der Waals surface area contributed by atoms with Gasteiger partial charge in [-0.15, -0.1) is 0 Å². The summed E-state index contributed by atoms with van der Waals surface area (Å²) in [4.78, 5) is 0. The Morgan fingerprint density at radius 2 is 2.11 bits per heavy atom. The minimum absolute atomic E-state index is 0.733. The zero-order valence-corrected chi connectivity index (χ0v) is 11.8. The Hall–Kier alpha value is -1.32. The summed E-state index contributed by atoms with van der Waals surface area (Å²) >= 11 is 6.04. The second-order valence-electron chi connectivity index (χ2n) is 4.40. The van der Waals surface area contributed by atoms with Gasteiger partial charge in [-0.05, 0) is 38.1 Å². The number of aryl methyl sites for hydroxylation is 2. The van der Waals surface area contributed by atoms with Crippen molar-refractivity contribution in [3.8, 4) is 5.69 Å². The fourth-order valence-corrected chi connectivity index (χ4v) is 2.05. The van der Waals surface area contributed by atoms with Crippen molar-refractivity contribution in [2.75, 3.05) is 6.54 Å². The molecule has 18 heavy (non-hydrogen) atoms. The molecule has 96 valence electrons. The molecule has 0 spiro atoms. The summed E-state index contributed by atoms with van der Waals surface area (Å²) < 4.78 is 1.91. The smallest absolute Gasteiger partial charge is 0.0689 e. The van der Waals surface area contributed by atoms with Crippen LogP contribution in [0.4, 0.5) is 0 Å². The maximum Gasteiger partial charge on any atom is 0.0689 e. The summed E-state index contributed by atoms with van der Waals surface area (Å²) in [5, 5.41) is 8.60. The van der Waals surface area contributed by atoms with Crippen molar-refractivity contribution in [3.05, 3.63) is 46.2 Å². The first-order chi connectivity index (χ1) is 8.61. The molecule has 0 aliphatic carbocycles. The van der Waals surface area contributed by atoms with E-state index in [1.165, 1.54) is 5.56 Å². The Morgan fingerprint density at radius 3 is 2.83 bits per heavy atom. The van der Waals surface area contributed by atoms with Crippen LogP contribution in [0.3, 0.4) is 0 Å². The second kappa shape index (κ2) is 5.55. The second-order valence-corrected chi connectivity index (χ2v) is 4.83. The first-order valence-corrected chi connectivity index (χ1v) is 6.52. The lowest BCUT2D eigenvalue weighted by molar-refractivity contribution is 0.723. The van der Waals surface area contributed by atoms with E-state index in [9.17, 15) is 0 Å². The number of aromatic nitrogens is 2. The van der Waals surface area contributed by atoms with E-state index in [2.05, 4.69) is 30.5 Å². The lowest BCUT2D eigenvalue weighted by atomic mass is 10.2. The highest BCUT2D eigenvalue weighted by Gasteiger charge is 2.08. The van der Waals surface area contributed by atoms with E-state index in [1.807, 2.05) is 29.8 Å².